The van der Waals surface area contributed by atoms with Crippen molar-refractivity contribution in [1.29, 1.82) is 0 Å². The van der Waals surface area contributed by atoms with Crippen molar-refractivity contribution in [1.82, 2.24) is 4.90 Å². The lowest BCUT2D eigenvalue weighted by molar-refractivity contribution is -0.127. The van der Waals surface area contributed by atoms with E-state index in [1.54, 1.807) is 27.1 Å². The highest BCUT2D eigenvalue weighted by molar-refractivity contribution is 7.92. The van der Waals surface area contributed by atoms with E-state index >= 15 is 0 Å². The van der Waals surface area contributed by atoms with Gasteiger partial charge in [-0.25, -0.2) is 8.42 Å². The Hall–Kier alpha value is -1.56. The van der Waals surface area contributed by atoms with Crippen LogP contribution in [0.4, 0.5) is 5.69 Å². The van der Waals surface area contributed by atoms with E-state index < -0.39 is 10.0 Å². The molecule has 0 aromatic heterocycles. The Morgan fingerprint density at radius 2 is 1.85 bits per heavy atom. The predicted molar refractivity (Wildman–Crippen MR) is 81.3 cm³/mol. The minimum absolute atomic E-state index is 0.0376. The molecule has 0 saturated heterocycles. The van der Waals surface area contributed by atoms with E-state index in [9.17, 15) is 13.2 Å². The minimum Gasteiger partial charge on any atom is -0.347 e. The van der Waals surface area contributed by atoms with Gasteiger partial charge in [0.25, 0.3) is 0 Å². The van der Waals surface area contributed by atoms with Crippen LogP contribution in [0.3, 0.4) is 0 Å². The Kier molecular flexibility index (Phi) is 5.56. The second kappa shape index (κ2) is 6.74. The summed E-state index contributed by atoms with van der Waals surface area (Å²) in [6, 6.07) is 7.28. The van der Waals surface area contributed by atoms with Gasteiger partial charge in [-0.15, -0.1) is 0 Å². The Bertz CT molecular complexity index is 568. The van der Waals surface area contributed by atoms with E-state index in [1.807, 2.05) is 25.1 Å². The fourth-order valence-electron chi connectivity index (χ4n) is 1.70. The van der Waals surface area contributed by atoms with Crippen molar-refractivity contribution < 1.29 is 13.2 Å². The van der Waals surface area contributed by atoms with E-state index in [0.29, 0.717) is 5.69 Å². The Labute approximate surface area is 121 Å². The van der Waals surface area contributed by atoms with Crippen LogP contribution in [0.25, 0.3) is 0 Å². The number of carbonyl (C=O) groups is 1. The molecule has 0 aliphatic carbocycles. The molecule has 0 radical (unpaired) electrons. The van der Waals surface area contributed by atoms with Gasteiger partial charge in [0.05, 0.1) is 11.4 Å². The van der Waals surface area contributed by atoms with Gasteiger partial charge in [-0.3, -0.25) is 9.10 Å². The number of rotatable bonds is 6. The number of likely N-dealkylation sites (N-methyl/N-ethyl adjacent to an activating group) is 1. The maximum Gasteiger partial charge on any atom is 0.242 e. The standard InChI is InChI=1S/C14H22N2O3S/c1-5-12-8-7-9-13(10-12)16(20(18,19)6-2)11-14(17)15(3)4/h7-10H,5-6,11H2,1-4H3. The normalized spacial score (nSPS) is 11.2. The van der Waals surface area contributed by atoms with Gasteiger partial charge in [-0.2, -0.15) is 0 Å². The highest BCUT2D eigenvalue weighted by Gasteiger charge is 2.24. The zero-order chi connectivity index (χ0) is 15.3. The smallest absolute Gasteiger partial charge is 0.242 e. The molecular formula is C14H22N2O3S. The summed E-state index contributed by atoms with van der Waals surface area (Å²) in [5.41, 5.74) is 1.58. The van der Waals surface area contributed by atoms with Crippen LogP contribution >= 0.6 is 0 Å². The topological polar surface area (TPSA) is 57.7 Å². The third-order valence-electron chi connectivity index (χ3n) is 3.09. The summed E-state index contributed by atoms with van der Waals surface area (Å²) in [6.07, 6.45) is 0.815. The Morgan fingerprint density at radius 1 is 1.20 bits per heavy atom. The molecule has 0 aliphatic heterocycles. The number of sulfonamides is 1. The Morgan fingerprint density at radius 3 is 2.35 bits per heavy atom. The SMILES string of the molecule is CCc1cccc(N(CC(=O)N(C)C)S(=O)(=O)CC)c1. The van der Waals surface area contributed by atoms with Crippen molar-refractivity contribution in [3.8, 4) is 0 Å². The molecule has 0 heterocycles. The maximum absolute atomic E-state index is 12.2. The number of benzene rings is 1. The van der Waals surface area contributed by atoms with Crippen molar-refractivity contribution in [2.45, 2.75) is 20.3 Å². The third-order valence-corrected chi connectivity index (χ3v) is 4.83. The number of nitrogens with zero attached hydrogens (tertiary/aromatic N) is 2. The fourth-order valence-corrected chi connectivity index (χ4v) is 2.76. The summed E-state index contributed by atoms with van der Waals surface area (Å²) >= 11 is 0. The fraction of sp³-hybridized carbons (Fsp3) is 0.500. The molecule has 1 amide bonds. The van der Waals surface area contributed by atoms with Crippen LogP contribution in [0.5, 0.6) is 0 Å². The van der Waals surface area contributed by atoms with Gasteiger partial charge in [-0.1, -0.05) is 19.1 Å². The van der Waals surface area contributed by atoms with Gasteiger partial charge < -0.3 is 4.90 Å². The van der Waals surface area contributed by atoms with E-state index in [0.717, 1.165) is 12.0 Å². The molecule has 1 aromatic carbocycles. The first kappa shape index (κ1) is 16.5. The first-order valence-corrected chi connectivity index (χ1v) is 8.22. The summed E-state index contributed by atoms with van der Waals surface area (Å²) in [5, 5.41) is 0. The van der Waals surface area contributed by atoms with Gasteiger partial charge in [0.15, 0.2) is 0 Å². The summed E-state index contributed by atoms with van der Waals surface area (Å²) in [5.74, 6) is -0.284. The largest absolute Gasteiger partial charge is 0.347 e. The number of anilines is 1. The molecule has 0 unspecified atom stereocenters. The van der Waals surface area contributed by atoms with E-state index in [-0.39, 0.29) is 18.2 Å². The van der Waals surface area contributed by atoms with Crippen LogP contribution in [0, 0.1) is 0 Å². The molecule has 0 bridgehead atoms. The lowest BCUT2D eigenvalue weighted by Crippen LogP contribution is -2.41. The number of amides is 1. The first-order valence-electron chi connectivity index (χ1n) is 6.61. The zero-order valence-corrected chi connectivity index (χ0v) is 13.3. The van der Waals surface area contributed by atoms with E-state index in [4.69, 9.17) is 0 Å². The minimum atomic E-state index is -3.48. The molecule has 6 heteroatoms. The van der Waals surface area contributed by atoms with Crippen molar-refractivity contribution in [2.24, 2.45) is 0 Å². The molecule has 0 aliphatic rings. The molecule has 0 fully saturated rings. The average Bonchev–Trinajstić information content (AvgIpc) is 2.44. The second-order valence-electron chi connectivity index (χ2n) is 4.72. The number of carbonyl (C=O) groups excluding carboxylic acids is 1. The monoisotopic (exact) mass is 298 g/mol. The number of aryl methyl sites for hydroxylation is 1. The molecule has 1 rings (SSSR count). The van der Waals surface area contributed by atoms with Crippen molar-refractivity contribution in [3.63, 3.8) is 0 Å². The number of hydrogen-bond donors (Lipinski definition) is 0. The van der Waals surface area contributed by atoms with Gasteiger partial charge in [0, 0.05) is 14.1 Å². The molecule has 0 saturated carbocycles. The molecule has 0 spiro atoms. The van der Waals surface area contributed by atoms with Crippen LogP contribution in [0.2, 0.25) is 0 Å². The number of hydrogen-bond acceptors (Lipinski definition) is 3. The molecule has 1 aromatic rings. The summed E-state index contributed by atoms with van der Waals surface area (Å²) < 4.78 is 25.6. The van der Waals surface area contributed by atoms with Gasteiger partial charge in [-0.05, 0) is 31.0 Å². The lowest BCUT2D eigenvalue weighted by Gasteiger charge is -2.25. The predicted octanol–water partition coefficient (Wildman–Crippen LogP) is 1.49. The lowest BCUT2D eigenvalue weighted by atomic mass is 10.1. The summed E-state index contributed by atoms with van der Waals surface area (Å²) in [4.78, 5) is 13.3. The van der Waals surface area contributed by atoms with E-state index in [2.05, 4.69) is 0 Å². The quantitative estimate of drug-likeness (QED) is 0.799. The van der Waals surface area contributed by atoms with Crippen LogP contribution < -0.4 is 4.31 Å². The molecular weight excluding hydrogens is 276 g/mol. The van der Waals surface area contributed by atoms with Gasteiger partial charge in [0.2, 0.25) is 15.9 Å². The highest BCUT2D eigenvalue weighted by Crippen LogP contribution is 2.20. The highest BCUT2D eigenvalue weighted by atomic mass is 32.2. The third kappa shape index (κ3) is 3.96. The summed E-state index contributed by atoms with van der Waals surface area (Å²) in [7, 11) is -0.256. The zero-order valence-electron chi connectivity index (χ0n) is 12.5. The summed E-state index contributed by atoms with van der Waals surface area (Å²) in [6.45, 7) is 3.41. The maximum atomic E-state index is 12.2. The van der Waals surface area contributed by atoms with Gasteiger partial charge >= 0.3 is 0 Å². The van der Waals surface area contributed by atoms with Crippen molar-refractivity contribution >= 4 is 21.6 Å². The first-order chi connectivity index (χ1) is 9.31. The van der Waals surface area contributed by atoms with Crippen molar-refractivity contribution in [2.75, 3.05) is 30.7 Å². The average molecular weight is 298 g/mol. The second-order valence-corrected chi connectivity index (χ2v) is 6.90. The van der Waals surface area contributed by atoms with Crippen LogP contribution in [0.15, 0.2) is 24.3 Å². The van der Waals surface area contributed by atoms with Crippen LogP contribution in [0.1, 0.15) is 19.4 Å². The molecule has 112 valence electrons. The van der Waals surface area contributed by atoms with Crippen LogP contribution in [-0.2, 0) is 21.2 Å². The van der Waals surface area contributed by atoms with Gasteiger partial charge in [0.1, 0.15) is 6.54 Å². The molecule has 5 nitrogen and oxygen atoms in total. The molecule has 20 heavy (non-hydrogen) atoms. The van der Waals surface area contributed by atoms with Crippen LogP contribution in [-0.4, -0.2) is 45.6 Å². The van der Waals surface area contributed by atoms with Crippen molar-refractivity contribution in [3.05, 3.63) is 29.8 Å². The molecule has 0 atom stereocenters. The molecule has 0 N–H and O–H groups in total. The van der Waals surface area contributed by atoms with E-state index in [1.165, 1.54) is 9.21 Å². The Balaban J connectivity index is 3.20.